The summed E-state index contributed by atoms with van der Waals surface area (Å²) in [6.07, 6.45) is 4.28. The van der Waals surface area contributed by atoms with Crippen LogP contribution in [0.25, 0.3) is 0 Å². The number of para-hydroxylation sites is 1. The molecule has 0 unspecified atom stereocenters. The van der Waals surface area contributed by atoms with Gasteiger partial charge in [-0.3, -0.25) is 0 Å². The van der Waals surface area contributed by atoms with Crippen molar-refractivity contribution >= 4 is 11.4 Å². The molecule has 0 amide bonds. The summed E-state index contributed by atoms with van der Waals surface area (Å²) in [5, 5.41) is 9.08. The van der Waals surface area contributed by atoms with E-state index in [9.17, 15) is 0 Å². The van der Waals surface area contributed by atoms with E-state index in [2.05, 4.69) is 88.1 Å². The number of nitrogens with zero attached hydrogens (tertiary/aromatic N) is 3. The largest absolute Gasteiger partial charge is 0.349 e. The van der Waals surface area contributed by atoms with E-state index in [1.54, 1.807) is 0 Å². The van der Waals surface area contributed by atoms with E-state index in [0.717, 1.165) is 17.8 Å². The zero-order chi connectivity index (χ0) is 20.8. The van der Waals surface area contributed by atoms with E-state index >= 15 is 0 Å². The molecule has 0 aliphatic rings. The summed E-state index contributed by atoms with van der Waals surface area (Å²) in [6, 6.07) is 14.7. The maximum absolute atomic E-state index is 9.08. The molecule has 0 N–H and O–H groups in total. The van der Waals surface area contributed by atoms with Crippen LogP contribution in [0.5, 0.6) is 0 Å². The van der Waals surface area contributed by atoms with Gasteiger partial charge in [0, 0.05) is 37.4 Å². The fourth-order valence-electron chi connectivity index (χ4n) is 3.56. The van der Waals surface area contributed by atoms with Gasteiger partial charge < -0.3 is 9.80 Å². The molecule has 2 aromatic rings. The first-order valence-corrected chi connectivity index (χ1v) is 10.1. The van der Waals surface area contributed by atoms with E-state index in [1.807, 2.05) is 25.1 Å². The lowest BCUT2D eigenvalue weighted by Crippen LogP contribution is -2.21. The van der Waals surface area contributed by atoms with Gasteiger partial charge >= 0.3 is 0 Å². The van der Waals surface area contributed by atoms with Crippen LogP contribution in [0.2, 0.25) is 0 Å². The number of nitriles is 1. The molecule has 0 aliphatic carbocycles. The minimum atomic E-state index is 0.467. The van der Waals surface area contributed by atoms with Crippen molar-refractivity contribution in [3.8, 4) is 6.07 Å². The zero-order valence-electron chi connectivity index (χ0n) is 18.3. The first kappa shape index (κ1) is 21.6. The Morgan fingerprint density at radius 2 is 1.61 bits per heavy atom. The molecule has 2 aromatic carbocycles. The molecular weight excluding hydrogens is 342 g/mol. The van der Waals surface area contributed by atoms with E-state index in [-0.39, 0.29) is 0 Å². The molecule has 0 spiro atoms. The number of benzene rings is 2. The Bertz CT molecular complexity index is 846. The van der Waals surface area contributed by atoms with E-state index in [1.165, 1.54) is 16.8 Å². The Balaban J connectivity index is 2.40. The van der Waals surface area contributed by atoms with Gasteiger partial charge in [0.2, 0.25) is 0 Å². The minimum absolute atomic E-state index is 0.467. The highest BCUT2D eigenvalue weighted by atomic mass is 15.1. The Morgan fingerprint density at radius 3 is 2.07 bits per heavy atom. The molecule has 0 fully saturated rings. The molecule has 0 saturated carbocycles. The first-order valence-electron chi connectivity index (χ1n) is 10.1. The topological polar surface area (TPSA) is 30.3 Å². The van der Waals surface area contributed by atoms with Gasteiger partial charge in [-0.05, 0) is 60.6 Å². The maximum Gasteiger partial charge on any atom is 0.0991 e. The van der Waals surface area contributed by atoms with Gasteiger partial charge in [-0.15, -0.1) is 0 Å². The van der Waals surface area contributed by atoms with Crippen molar-refractivity contribution in [3.63, 3.8) is 0 Å². The number of aryl methyl sites for hydroxylation is 1. The average Bonchev–Trinajstić information content (AvgIpc) is 2.67. The van der Waals surface area contributed by atoms with Crippen molar-refractivity contribution in [1.29, 1.82) is 5.26 Å². The monoisotopic (exact) mass is 375 g/mol. The Hall–Kier alpha value is -2.73. The van der Waals surface area contributed by atoms with Crippen LogP contribution in [-0.4, -0.2) is 13.6 Å². The molecule has 0 saturated heterocycles. The maximum atomic E-state index is 9.08. The molecule has 3 nitrogen and oxygen atoms in total. The van der Waals surface area contributed by atoms with Crippen molar-refractivity contribution < 1.29 is 0 Å². The highest BCUT2D eigenvalue weighted by Crippen LogP contribution is 2.35. The van der Waals surface area contributed by atoms with E-state index < -0.39 is 0 Å². The molecule has 2 rings (SSSR count). The summed E-state index contributed by atoms with van der Waals surface area (Å²) >= 11 is 0. The van der Waals surface area contributed by atoms with Gasteiger partial charge in [0.05, 0.1) is 11.6 Å². The van der Waals surface area contributed by atoms with Gasteiger partial charge in [0.1, 0.15) is 0 Å². The average molecular weight is 376 g/mol. The lowest BCUT2D eigenvalue weighted by atomic mass is 9.92. The highest BCUT2D eigenvalue weighted by molar-refractivity contribution is 5.64. The SMILES string of the molecule is CCN(/C=C\N(C)c1ccc(C#N)cc1C)c1c(C(C)C)cccc1C(C)C. The van der Waals surface area contributed by atoms with Crippen LogP contribution in [0.3, 0.4) is 0 Å². The molecule has 148 valence electrons. The van der Waals surface area contributed by atoms with Gasteiger partial charge in [-0.1, -0.05) is 45.9 Å². The van der Waals surface area contributed by atoms with Crippen LogP contribution in [0.1, 0.15) is 68.7 Å². The lowest BCUT2D eigenvalue weighted by molar-refractivity contribution is 0.816. The van der Waals surface area contributed by atoms with Gasteiger partial charge in [0.15, 0.2) is 0 Å². The second-order valence-electron chi connectivity index (χ2n) is 7.90. The normalized spacial score (nSPS) is 11.3. The molecule has 0 atom stereocenters. The van der Waals surface area contributed by atoms with Crippen molar-refractivity contribution in [2.45, 2.75) is 53.4 Å². The van der Waals surface area contributed by atoms with Gasteiger partial charge in [0.25, 0.3) is 0 Å². The first-order chi connectivity index (χ1) is 13.3. The molecule has 0 bridgehead atoms. The third-order valence-corrected chi connectivity index (χ3v) is 5.15. The second kappa shape index (κ2) is 9.46. The summed E-state index contributed by atoms with van der Waals surface area (Å²) in [7, 11) is 2.05. The molecule has 0 aromatic heterocycles. The molecule has 0 heterocycles. The second-order valence-corrected chi connectivity index (χ2v) is 7.90. The van der Waals surface area contributed by atoms with Crippen LogP contribution >= 0.6 is 0 Å². The molecule has 3 heteroatoms. The van der Waals surface area contributed by atoms with Crippen molar-refractivity contribution in [2.24, 2.45) is 0 Å². The third kappa shape index (κ3) is 4.75. The summed E-state index contributed by atoms with van der Waals surface area (Å²) in [5.41, 5.74) is 6.99. The number of hydrogen-bond donors (Lipinski definition) is 0. The third-order valence-electron chi connectivity index (χ3n) is 5.15. The summed E-state index contributed by atoms with van der Waals surface area (Å²) < 4.78 is 0. The smallest absolute Gasteiger partial charge is 0.0991 e. The molecule has 28 heavy (non-hydrogen) atoms. The van der Waals surface area contributed by atoms with Crippen molar-refractivity contribution in [3.05, 3.63) is 71.1 Å². The van der Waals surface area contributed by atoms with Crippen LogP contribution in [0.15, 0.2) is 48.8 Å². The number of hydrogen-bond acceptors (Lipinski definition) is 3. The van der Waals surface area contributed by atoms with E-state index in [4.69, 9.17) is 5.26 Å². The molecular formula is C25H33N3. The highest BCUT2D eigenvalue weighted by Gasteiger charge is 2.17. The Labute approximate surface area is 170 Å². The van der Waals surface area contributed by atoms with Crippen LogP contribution < -0.4 is 9.80 Å². The quantitative estimate of drug-likeness (QED) is 0.550. The Morgan fingerprint density at radius 1 is 1.00 bits per heavy atom. The van der Waals surface area contributed by atoms with Crippen molar-refractivity contribution in [1.82, 2.24) is 0 Å². The zero-order valence-corrected chi connectivity index (χ0v) is 18.3. The van der Waals surface area contributed by atoms with Gasteiger partial charge in [-0.2, -0.15) is 5.26 Å². The minimum Gasteiger partial charge on any atom is -0.349 e. The standard InChI is InChI=1S/C25H33N3/c1-8-28(25-22(18(2)3)10-9-11-23(25)19(4)5)15-14-27(7)24-13-12-21(17-26)16-20(24)6/h9-16,18-19H,8H2,1-7H3/b15-14-. The molecule has 0 radical (unpaired) electrons. The fraction of sp³-hybridized carbons (Fsp3) is 0.400. The summed E-state index contributed by atoms with van der Waals surface area (Å²) in [4.78, 5) is 4.46. The predicted molar refractivity (Wildman–Crippen MR) is 121 cm³/mol. The molecule has 0 aliphatic heterocycles. The lowest BCUT2D eigenvalue weighted by Gasteiger charge is -2.29. The van der Waals surface area contributed by atoms with Crippen LogP contribution in [0, 0.1) is 18.3 Å². The predicted octanol–water partition coefficient (Wildman–Crippen LogP) is 6.55. The van der Waals surface area contributed by atoms with Crippen molar-refractivity contribution in [2.75, 3.05) is 23.4 Å². The number of rotatable bonds is 7. The van der Waals surface area contributed by atoms with Crippen LogP contribution in [0.4, 0.5) is 11.4 Å². The number of anilines is 2. The van der Waals surface area contributed by atoms with Crippen LogP contribution in [-0.2, 0) is 0 Å². The fourth-order valence-corrected chi connectivity index (χ4v) is 3.56. The van der Waals surface area contributed by atoms with Gasteiger partial charge in [-0.25, -0.2) is 0 Å². The summed E-state index contributed by atoms with van der Waals surface area (Å²) in [5.74, 6) is 0.935. The van der Waals surface area contributed by atoms with E-state index in [0.29, 0.717) is 17.4 Å². The Kier molecular flexibility index (Phi) is 7.29. The summed E-state index contributed by atoms with van der Waals surface area (Å²) in [6.45, 7) is 14.2.